The maximum absolute atomic E-state index is 13.8. The number of anilines is 2. The van der Waals surface area contributed by atoms with E-state index in [1.165, 1.54) is 0 Å². The number of nitrogens with one attached hydrogen (secondary N) is 1. The van der Waals surface area contributed by atoms with Gasteiger partial charge in [-0.3, -0.25) is 4.99 Å². The van der Waals surface area contributed by atoms with E-state index in [4.69, 9.17) is 4.74 Å². The molecule has 1 unspecified atom stereocenters. The second kappa shape index (κ2) is 7.26. The van der Waals surface area contributed by atoms with Crippen molar-refractivity contribution < 1.29 is 13.9 Å². The van der Waals surface area contributed by atoms with Gasteiger partial charge in [-0.2, -0.15) is 0 Å². The van der Waals surface area contributed by atoms with Crippen molar-refractivity contribution >= 4 is 29.3 Å². The number of benzene rings is 1. The second-order valence-corrected chi connectivity index (χ2v) is 7.19. The van der Waals surface area contributed by atoms with Gasteiger partial charge in [0.05, 0.1) is 6.20 Å². The Morgan fingerprint density at radius 3 is 2.59 bits per heavy atom. The average molecular weight is 368 g/mol. The van der Waals surface area contributed by atoms with Gasteiger partial charge in [0.25, 0.3) is 0 Å². The topological polar surface area (TPSA) is 76.5 Å². The molecule has 0 saturated carbocycles. The third kappa shape index (κ3) is 4.75. The van der Waals surface area contributed by atoms with Crippen LogP contribution in [-0.2, 0) is 9.53 Å². The van der Waals surface area contributed by atoms with E-state index in [1.54, 1.807) is 19.2 Å². The van der Waals surface area contributed by atoms with Crippen molar-refractivity contribution in [2.75, 3.05) is 5.32 Å². The highest BCUT2D eigenvalue weighted by Crippen LogP contribution is 2.24. The molecule has 3 rings (SSSR count). The normalized spacial score (nSPS) is 16.2. The number of allylic oxidation sites excluding steroid dienone is 1. The minimum atomic E-state index is -0.630. The number of carbonyl (C=O) groups is 1. The molecule has 2 heterocycles. The molecule has 1 aliphatic heterocycles. The van der Waals surface area contributed by atoms with Gasteiger partial charge < -0.3 is 10.1 Å². The predicted octanol–water partition coefficient (Wildman–Crippen LogP) is 3.85. The van der Waals surface area contributed by atoms with Crippen LogP contribution in [0.25, 0.3) is 5.57 Å². The highest BCUT2D eigenvalue weighted by molar-refractivity contribution is 6.14. The smallest absolute Gasteiger partial charge is 0.335 e. The van der Waals surface area contributed by atoms with Crippen LogP contribution in [0.2, 0.25) is 0 Å². The minimum Gasteiger partial charge on any atom is -0.458 e. The first-order valence-corrected chi connectivity index (χ1v) is 8.56. The molecule has 0 bridgehead atoms. The predicted molar refractivity (Wildman–Crippen MR) is 103 cm³/mol. The number of ether oxygens (including phenoxy) is 1. The van der Waals surface area contributed by atoms with Crippen molar-refractivity contribution in [1.29, 1.82) is 0 Å². The number of halogens is 1. The zero-order valence-corrected chi connectivity index (χ0v) is 15.7. The molecule has 0 saturated heterocycles. The van der Waals surface area contributed by atoms with E-state index in [-0.39, 0.29) is 11.8 Å². The molecule has 2 aromatic rings. The maximum Gasteiger partial charge on any atom is 0.335 e. The number of aliphatic imine (C=N–C) groups is 1. The van der Waals surface area contributed by atoms with Crippen LogP contribution in [0, 0.1) is 12.7 Å². The van der Waals surface area contributed by atoms with Crippen LogP contribution >= 0.6 is 0 Å². The van der Waals surface area contributed by atoms with E-state index < -0.39 is 17.5 Å². The number of rotatable bonds is 4. The van der Waals surface area contributed by atoms with Gasteiger partial charge in [0.2, 0.25) is 0 Å². The molecule has 140 valence electrons. The molecular formula is C20H21FN4O2. The fourth-order valence-electron chi connectivity index (χ4n) is 2.50. The Kier molecular flexibility index (Phi) is 5.03. The Hall–Kier alpha value is -3.09. The van der Waals surface area contributed by atoms with E-state index in [0.717, 1.165) is 17.3 Å². The zero-order valence-electron chi connectivity index (χ0n) is 15.7. The molecule has 1 atom stereocenters. The van der Waals surface area contributed by atoms with Crippen molar-refractivity contribution in [2.45, 2.75) is 39.3 Å². The minimum absolute atomic E-state index is 0.127. The van der Waals surface area contributed by atoms with Crippen molar-refractivity contribution in [3.8, 4) is 0 Å². The summed E-state index contributed by atoms with van der Waals surface area (Å²) in [7, 11) is 0. The largest absolute Gasteiger partial charge is 0.458 e. The van der Waals surface area contributed by atoms with E-state index in [9.17, 15) is 9.18 Å². The van der Waals surface area contributed by atoms with Gasteiger partial charge in [0.1, 0.15) is 11.4 Å². The number of hydrogen-bond acceptors (Lipinski definition) is 6. The summed E-state index contributed by atoms with van der Waals surface area (Å²) in [4.78, 5) is 24.2. The average Bonchev–Trinajstić information content (AvgIpc) is 3.08. The molecule has 1 aromatic heterocycles. The lowest BCUT2D eigenvalue weighted by Gasteiger charge is -2.20. The number of aromatic nitrogens is 2. The van der Waals surface area contributed by atoms with Crippen LogP contribution in [0.3, 0.4) is 0 Å². The van der Waals surface area contributed by atoms with Crippen molar-refractivity contribution in [2.24, 2.45) is 4.99 Å². The third-order valence-electron chi connectivity index (χ3n) is 3.71. The van der Waals surface area contributed by atoms with Crippen LogP contribution in [0.15, 0.2) is 41.5 Å². The molecule has 1 aromatic carbocycles. The van der Waals surface area contributed by atoms with Gasteiger partial charge in [0.15, 0.2) is 17.7 Å². The Labute approximate surface area is 157 Å². The molecule has 0 amide bonds. The summed E-state index contributed by atoms with van der Waals surface area (Å²) in [6.07, 6.45) is 4.56. The van der Waals surface area contributed by atoms with E-state index in [1.807, 2.05) is 45.0 Å². The molecular weight excluding hydrogens is 347 g/mol. The van der Waals surface area contributed by atoms with Crippen LogP contribution < -0.4 is 5.32 Å². The first-order chi connectivity index (χ1) is 12.7. The third-order valence-corrected chi connectivity index (χ3v) is 3.71. The molecule has 0 radical (unpaired) electrons. The first-order valence-electron chi connectivity index (χ1n) is 8.56. The van der Waals surface area contributed by atoms with Crippen molar-refractivity contribution in [3.63, 3.8) is 0 Å². The molecule has 0 fully saturated rings. The summed E-state index contributed by atoms with van der Waals surface area (Å²) >= 11 is 0. The van der Waals surface area contributed by atoms with Gasteiger partial charge in [-0.15, -0.1) is 0 Å². The fraction of sp³-hybridized carbons (Fsp3) is 0.300. The van der Waals surface area contributed by atoms with Gasteiger partial charge in [0, 0.05) is 11.9 Å². The van der Waals surface area contributed by atoms with Gasteiger partial charge >= 0.3 is 5.97 Å². The van der Waals surface area contributed by atoms with E-state index in [0.29, 0.717) is 11.5 Å². The number of hydrogen-bond donors (Lipinski definition) is 1. The maximum atomic E-state index is 13.8. The molecule has 1 aliphatic rings. The van der Waals surface area contributed by atoms with Crippen LogP contribution in [0.4, 0.5) is 15.9 Å². The fourth-order valence-corrected chi connectivity index (χ4v) is 2.50. The summed E-state index contributed by atoms with van der Waals surface area (Å²) in [5.41, 5.74) is 1.87. The van der Waals surface area contributed by atoms with Crippen molar-refractivity contribution in [1.82, 2.24) is 9.97 Å². The zero-order chi connectivity index (χ0) is 19.6. The lowest BCUT2D eigenvalue weighted by atomic mass is 10.1. The van der Waals surface area contributed by atoms with E-state index >= 15 is 0 Å². The number of carbonyl (C=O) groups excluding carboxylic acids is 1. The lowest BCUT2D eigenvalue weighted by molar-refractivity contribution is -0.154. The number of aryl methyl sites for hydroxylation is 1. The number of nitrogens with zero attached hydrogens (tertiary/aromatic N) is 3. The Bertz CT molecular complexity index is 915. The Balaban J connectivity index is 1.71. The molecule has 27 heavy (non-hydrogen) atoms. The summed E-state index contributed by atoms with van der Waals surface area (Å²) in [5.74, 6) is -0.282. The molecule has 0 aliphatic carbocycles. The summed E-state index contributed by atoms with van der Waals surface area (Å²) in [6, 6.07) is 6.71. The van der Waals surface area contributed by atoms with Gasteiger partial charge in [-0.05, 0) is 57.0 Å². The Morgan fingerprint density at radius 2 is 1.93 bits per heavy atom. The Morgan fingerprint density at radius 1 is 1.22 bits per heavy atom. The van der Waals surface area contributed by atoms with Crippen LogP contribution in [0.1, 0.15) is 32.2 Å². The number of esters is 1. The first kappa shape index (κ1) is 18.7. The summed E-state index contributed by atoms with van der Waals surface area (Å²) < 4.78 is 19.1. The molecule has 7 heteroatoms. The lowest BCUT2D eigenvalue weighted by Crippen LogP contribution is -2.29. The summed E-state index contributed by atoms with van der Waals surface area (Å²) in [5, 5.41) is 2.93. The molecule has 0 spiro atoms. The second-order valence-electron chi connectivity index (χ2n) is 7.19. The highest BCUT2D eigenvalue weighted by atomic mass is 19.1. The SMILES string of the molecule is Cc1ncc(F)c(Nc2ccc(C3=CC(C(=O)OC(C)(C)C)N=C3)cc2)n1. The van der Waals surface area contributed by atoms with Crippen LogP contribution in [-0.4, -0.2) is 33.8 Å². The molecule has 6 nitrogen and oxygen atoms in total. The van der Waals surface area contributed by atoms with Crippen LogP contribution in [0.5, 0.6) is 0 Å². The van der Waals surface area contributed by atoms with Crippen molar-refractivity contribution in [3.05, 3.63) is 53.7 Å². The van der Waals surface area contributed by atoms with Gasteiger partial charge in [-0.25, -0.2) is 19.2 Å². The quantitative estimate of drug-likeness (QED) is 0.830. The van der Waals surface area contributed by atoms with Gasteiger partial charge in [-0.1, -0.05) is 12.1 Å². The van der Waals surface area contributed by atoms with E-state index in [2.05, 4.69) is 20.3 Å². The highest BCUT2D eigenvalue weighted by Gasteiger charge is 2.25. The summed E-state index contributed by atoms with van der Waals surface area (Å²) in [6.45, 7) is 7.16. The standard InChI is InChI=1S/C20H21FN4O2/c1-12-22-11-16(21)18(24-12)25-15-7-5-13(6-8-15)14-9-17(23-10-14)19(26)27-20(2,3)4/h5-11,17H,1-4H3,(H,22,24,25). The monoisotopic (exact) mass is 368 g/mol. The molecule has 1 N–H and O–H groups in total.